The highest BCUT2D eigenvalue weighted by Crippen LogP contribution is 2.46. The zero-order valence-corrected chi connectivity index (χ0v) is 33.3. The van der Waals surface area contributed by atoms with Gasteiger partial charge in [0, 0.05) is 22.8 Å². The van der Waals surface area contributed by atoms with Crippen molar-refractivity contribution in [2.24, 2.45) is 0 Å². The molecule has 4 rings (SSSR count). The molecular formula is C31H49IN8O5Si2. The van der Waals surface area contributed by atoms with Crippen molar-refractivity contribution >= 4 is 74.0 Å². The van der Waals surface area contributed by atoms with Gasteiger partial charge in [0.2, 0.25) is 0 Å². The van der Waals surface area contributed by atoms with Crippen LogP contribution in [0.15, 0.2) is 36.9 Å². The van der Waals surface area contributed by atoms with Crippen LogP contribution in [0.3, 0.4) is 0 Å². The largest absolute Gasteiger partial charge is 0.408 e. The predicted molar refractivity (Wildman–Crippen MR) is 198 cm³/mol. The van der Waals surface area contributed by atoms with Gasteiger partial charge in [0.05, 0.1) is 6.33 Å². The zero-order valence-electron chi connectivity index (χ0n) is 29.2. The van der Waals surface area contributed by atoms with Gasteiger partial charge in [-0.1, -0.05) is 47.6 Å². The maximum absolute atomic E-state index is 12.9. The number of urea groups is 2. The highest BCUT2D eigenvalue weighted by atomic mass is 127. The number of benzene rings is 1. The first-order chi connectivity index (χ1) is 21.7. The van der Waals surface area contributed by atoms with E-state index in [0.29, 0.717) is 16.9 Å². The van der Waals surface area contributed by atoms with Crippen LogP contribution in [-0.2, 0) is 13.6 Å². The lowest BCUT2D eigenvalue weighted by atomic mass is 10.1. The number of hydrogen-bond donors (Lipinski definition) is 4. The molecule has 258 valence electrons. The molecule has 0 bridgehead atoms. The minimum absolute atomic E-state index is 0.0838. The summed E-state index contributed by atoms with van der Waals surface area (Å²) >= 11 is 2.19. The minimum Gasteiger partial charge on any atom is -0.408 e. The van der Waals surface area contributed by atoms with E-state index < -0.39 is 47.2 Å². The van der Waals surface area contributed by atoms with Gasteiger partial charge in [0.1, 0.15) is 24.6 Å². The summed E-state index contributed by atoms with van der Waals surface area (Å²) < 4.78 is 23.9. The number of nitrogens with one attached hydrogen (secondary N) is 4. The number of imidazole rings is 1. The second kappa shape index (κ2) is 14.1. The summed E-state index contributed by atoms with van der Waals surface area (Å²) in [6, 6.07) is 6.71. The summed E-state index contributed by atoms with van der Waals surface area (Å²) in [5.41, 5.74) is 1.51. The predicted octanol–water partition coefficient (Wildman–Crippen LogP) is 6.68. The first-order valence-electron chi connectivity index (χ1n) is 15.7. The Balaban J connectivity index is 1.75. The number of carbonyl (C=O) groups excluding carboxylic acids is 2. The number of anilines is 2. The van der Waals surface area contributed by atoms with Crippen LogP contribution in [0.5, 0.6) is 0 Å². The summed E-state index contributed by atoms with van der Waals surface area (Å²) in [6.45, 7) is 22.2. The molecule has 4 N–H and O–H groups in total. The third-order valence-electron chi connectivity index (χ3n) is 9.40. The fraction of sp³-hybridized carbons (Fsp3) is 0.581. The smallest absolute Gasteiger partial charge is 0.324 e. The Morgan fingerprint density at radius 3 is 2.17 bits per heavy atom. The minimum atomic E-state index is -2.39. The molecule has 16 heteroatoms. The Morgan fingerprint density at radius 1 is 0.936 bits per heavy atom. The maximum atomic E-state index is 12.9. The van der Waals surface area contributed by atoms with Crippen molar-refractivity contribution < 1.29 is 23.2 Å². The normalized spacial score (nSPS) is 20.7. The highest BCUT2D eigenvalue weighted by molar-refractivity contribution is 14.1. The molecule has 1 saturated heterocycles. The molecule has 13 nitrogen and oxygen atoms in total. The molecule has 1 aliphatic heterocycles. The number of hydrogen-bond acceptors (Lipinski definition) is 8. The van der Waals surface area contributed by atoms with Crippen LogP contribution >= 0.6 is 22.6 Å². The third-order valence-corrected chi connectivity index (χ3v) is 19.0. The van der Waals surface area contributed by atoms with Crippen LogP contribution in [-0.4, -0.2) is 80.1 Å². The molecule has 0 saturated carbocycles. The van der Waals surface area contributed by atoms with Crippen LogP contribution in [0.1, 0.15) is 47.8 Å². The van der Waals surface area contributed by atoms with E-state index in [1.165, 1.54) is 6.33 Å². The number of carbonyl (C=O) groups is 2. The molecule has 1 aromatic carbocycles. The van der Waals surface area contributed by atoms with Crippen molar-refractivity contribution in [3.8, 4) is 0 Å². The van der Waals surface area contributed by atoms with E-state index in [4.69, 9.17) is 13.6 Å². The summed E-state index contributed by atoms with van der Waals surface area (Å²) in [6.07, 6.45) is 0.750. The van der Waals surface area contributed by atoms with Gasteiger partial charge in [-0.3, -0.25) is 9.88 Å². The number of aromatic nitrogens is 4. The van der Waals surface area contributed by atoms with Gasteiger partial charge in [-0.05, 0) is 77.1 Å². The number of rotatable bonds is 9. The summed E-state index contributed by atoms with van der Waals surface area (Å²) in [5.74, 6) is 0.253. The van der Waals surface area contributed by atoms with Gasteiger partial charge in [-0.2, -0.15) is 0 Å². The monoisotopic (exact) mass is 796 g/mol. The van der Waals surface area contributed by atoms with Crippen molar-refractivity contribution in [2.45, 2.75) is 102 Å². The van der Waals surface area contributed by atoms with Crippen LogP contribution < -0.4 is 21.3 Å². The molecule has 3 aromatic rings. The van der Waals surface area contributed by atoms with Crippen molar-refractivity contribution in [1.82, 2.24) is 30.2 Å². The third kappa shape index (κ3) is 8.51. The summed E-state index contributed by atoms with van der Waals surface area (Å²) in [4.78, 5) is 38.7. The number of nitrogens with zero attached hydrogens (tertiary/aromatic N) is 4. The fourth-order valence-electron chi connectivity index (χ4n) is 4.65. The molecule has 47 heavy (non-hydrogen) atoms. The Bertz CT molecular complexity index is 1590. The van der Waals surface area contributed by atoms with Crippen LogP contribution in [0.2, 0.25) is 36.3 Å². The molecule has 0 spiro atoms. The van der Waals surface area contributed by atoms with Gasteiger partial charge in [-0.25, -0.2) is 24.5 Å². The van der Waals surface area contributed by atoms with E-state index >= 15 is 0 Å². The quantitative estimate of drug-likeness (QED) is 0.138. The van der Waals surface area contributed by atoms with Gasteiger partial charge in [-0.15, -0.1) is 0 Å². The van der Waals surface area contributed by atoms with E-state index in [9.17, 15) is 9.59 Å². The Morgan fingerprint density at radius 2 is 1.57 bits per heavy atom. The molecule has 4 amide bonds. The van der Waals surface area contributed by atoms with E-state index in [1.54, 1.807) is 13.4 Å². The number of fused-ring (bicyclic) bond motifs is 1. The molecule has 4 atom stereocenters. The van der Waals surface area contributed by atoms with Crippen molar-refractivity contribution in [3.05, 3.63) is 40.5 Å². The molecule has 2 aromatic heterocycles. The fourth-order valence-corrected chi connectivity index (χ4v) is 7.79. The Hall–Kier alpha value is -2.65. The second-order valence-corrected chi connectivity index (χ2v) is 25.6. The molecular weight excluding hydrogens is 747 g/mol. The molecule has 0 radical (unpaired) electrons. The average molecular weight is 797 g/mol. The summed E-state index contributed by atoms with van der Waals surface area (Å²) in [5, 5.41) is 11.0. The van der Waals surface area contributed by atoms with Gasteiger partial charge >= 0.3 is 12.1 Å². The van der Waals surface area contributed by atoms with Gasteiger partial charge in [0.25, 0.3) is 0 Å². The second-order valence-electron chi connectivity index (χ2n) is 14.8. The number of ether oxygens (including phenoxy) is 1. The summed E-state index contributed by atoms with van der Waals surface area (Å²) in [7, 11) is -3.16. The van der Waals surface area contributed by atoms with Crippen molar-refractivity contribution in [2.75, 3.05) is 24.2 Å². The molecule has 1 aliphatic rings. The van der Waals surface area contributed by atoms with E-state index in [2.05, 4.69) is 127 Å². The first-order valence-corrected chi connectivity index (χ1v) is 22.6. The topological polar surface area (TPSA) is 154 Å². The molecule has 3 heterocycles. The number of halogens is 1. The Kier molecular flexibility index (Phi) is 11.1. The zero-order chi connectivity index (χ0) is 34.9. The van der Waals surface area contributed by atoms with E-state index in [1.807, 2.05) is 28.8 Å². The van der Waals surface area contributed by atoms with Crippen molar-refractivity contribution in [1.29, 1.82) is 0 Å². The first kappa shape index (κ1) is 37.2. The van der Waals surface area contributed by atoms with Crippen molar-refractivity contribution in [3.63, 3.8) is 0 Å². The van der Waals surface area contributed by atoms with Gasteiger partial charge in [0.15, 0.2) is 39.8 Å². The Labute approximate surface area is 293 Å². The van der Waals surface area contributed by atoms with Crippen LogP contribution in [0.25, 0.3) is 11.2 Å². The SMILES string of the molecule is CNC(=O)NC[C@H]1O[C@@H](n2cnc3c(NC(=O)Nc4cccc(I)c4)ncnc32)[C@H](O[Si](C)(C)C(C)(C)C)[C@@H]1O[Si](C)(C)C(C)(C)C. The maximum Gasteiger partial charge on any atom is 0.324 e. The van der Waals surface area contributed by atoms with Crippen LogP contribution in [0.4, 0.5) is 21.1 Å². The lowest BCUT2D eigenvalue weighted by Crippen LogP contribution is -2.54. The van der Waals surface area contributed by atoms with E-state index in [0.717, 1.165) is 3.57 Å². The number of amides is 4. The van der Waals surface area contributed by atoms with Gasteiger partial charge < -0.3 is 29.5 Å². The highest BCUT2D eigenvalue weighted by Gasteiger charge is 2.54. The molecule has 0 aliphatic carbocycles. The molecule has 1 fully saturated rings. The lowest BCUT2D eigenvalue weighted by Gasteiger charge is -2.44. The van der Waals surface area contributed by atoms with Crippen LogP contribution in [0, 0.1) is 3.57 Å². The lowest BCUT2D eigenvalue weighted by molar-refractivity contribution is -0.0301. The average Bonchev–Trinajstić information content (AvgIpc) is 3.52. The van der Waals surface area contributed by atoms with E-state index in [-0.39, 0.29) is 28.5 Å². The molecule has 0 unspecified atom stereocenters. The standard InChI is InChI=1S/C31H49IN8O5Si2/c1-30(2,3)46(8,9)44-23-21(16-34-28(41)33-7)43-27(24(23)45-47(10,11)31(4,5)6)40-18-37-22-25(35-17-36-26(22)40)39-29(42)38-20-14-12-13-19(32)15-20/h12-15,17-18,21,23-24,27H,16H2,1-11H3,(H2,33,34,41)(H2,35,36,38,39,42)/t21-,23-,24-,27-/m1/s1.